The van der Waals surface area contributed by atoms with Gasteiger partial charge < -0.3 is 28.5 Å². The Morgan fingerprint density at radius 2 is 0.663 bits per heavy atom. The van der Waals surface area contributed by atoms with Crippen molar-refractivity contribution in [3.63, 3.8) is 0 Å². The predicted octanol–water partition coefficient (Wildman–Crippen LogP) is 23.3. The van der Waals surface area contributed by atoms with Crippen LogP contribution in [0.25, 0.3) is 0 Å². The monoisotopic (exact) mass is 1210 g/mol. The van der Waals surface area contributed by atoms with Gasteiger partial charge in [0.15, 0.2) is 6.10 Å². The smallest absolute Gasteiger partial charge is 0.361 e. The van der Waals surface area contributed by atoms with Gasteiger partial charge in [0.2, 0.25) is 0 Å². The molecule has 0 aromatic heterocycles. The number of unbranched alkanes of at least 4 members (excludes halogenated alkanes) is 47. The minimum Gasteiger partial charge on any atom is -0.477 e. The zero-order chi connectivity index (χ0) is 62.6. The van der Waals surface area contributed by atoms with Gasteiger partial charge in [-0.05, 0) is 51.4 Å². The summed E-state index contributed by atoms with van der Waals surface area (Å²) in [4.78, 5) is 37.7. The van der Waals surface area contributed by atoms with Gasteiger partial charge in [0.05, 0.1) is 34.4 Å². The molecule has 2 unspecified atom stereocenters. The third-order valence-electron chi connectivity index (χ3n) is 16.8. The highest BCUT2D eigenvalue weighted by atomic mass is 16.7. The predicted molar refractivity (Wildman–Crippen MR) is 369 cm³/mol. The van der Waals surface area contributed by atoms with Gasteiger partial charge in [-0.25, -0.2) is 4.79 Å². The SMILES string of the molecule is CC/C=C\C/C=C\C/C=C\C/C=C\CCCCCCCCCCCCCCCCCCC(=O)OC(COC(=O)CCCCCCCCCCCCCCCCCCCCCCCCCCCCCCCCCC)COC(OCC[N+](C)(C)C)C(=O)O. The van der Waals surface area contributed by atoms with Crippen molar-refractivity contribution in [1.29, 1.82) is 0 Å². The van der Waals surface area contributed by atoms with Crippen LogP contribution in [0.4, 0.5) is 0 Å². The first-order chi connectivity index (χ1) is 42.1. The van der Waals surface area contributed by atoms with Crippen LogP contribution >= 0.6 is 0 Å². The number of likely N-dealkylation sites (N-methyl/N-ethyl adjacent to an activating group) is 1. The summed E-state index contributed by atoms with van der Waals surface area (Å²) >= 11 is 0. The van der Waals surface area contributed by atoms with Crippen LogP contribution in [0.3, 0.4) is 0 Å². The van der Waals surface area contributed by atoms with Crippen LogP contribution in [0.1, 0.15) is 367 Å². The Morgan fingerprint density at radius 3 is 0.988 bits per heavy atom. The zero-order valence-corrected chi connectivity index (χ0v) is 57.7. The molecule has 2 atom stereocenters. The average molecular weight is 1210 g/mol. The molecule has 0 saturated heterocycles. The fraction of sp³-hybridized carbons (Fsp3) is 0.857. The summed E-state index contributed by atoms with van der Waals surface area (Å²) in [5, 5.41) is 9.76. The molecular formula is C77H144NO8+. The molecule has 1 N–H and O–H groups in total. The van der Waals surface area contributed by atoms with Crippen molar-refractivity contribution in [2.24, 2.45) is 0 Å². The average Bonchev–Trinajstić information content (AvgIpc) is 3.64. The molecule has 0 saturated carbocycles. The number of carboxylic acid groups (broad SMARTS) is 1. The Kier molecular flexibility index (Phi) is 66.0. The summed E-state index contributed by atoms with van der Waals surface area (Å²) in [6.07, 6.45) is 85.4. The van der Waals surface area contributed by atoms with Gasteiger partial charge in [-0.3, -0.25) is 9.59 Å². The van der Waals surface area contributed by atoms with Crippen molar-refractivity contribution in [3.8, 4) is 0 Å². The van der Waals surface area contributed by atoms with Crippen LogP contribution in [0.2, 0.25) is 0 Å². The van der Waals surface area contributed by atoms with Crippen molar-refractivity contribution < 1.29 is 42.9 Å². The Bertz CT molecular complexity index is 1550. The summed E-state index contributed by atoms with van der Waals surface area (Å²) in [6.45, 7) is 4.84. The maximum Gasteiger partial charge on any atom is 0.361 e. The van der Waals surface area contributed by atoms with E-state index < -0.39 is 18.4 Å². The topological polar surface area (TPSA) is 108 Å². The normalized spacial score (nSPS) is 12.9. The molecule has 9 nitrogen and oxygen atoms in total. The van der Waals surface area contributed by atoms with Gasteiger partial charge in [-0.1, -0.05) is 351 Å². The lowest BCUT2D eigenvalue weighted by Crippen LogP contribution is -2.40. The number of carbonyl (C=O) groups excluding carboxylic acids is 2. The van der Waals surface area contributed by atoms with Gasteiger partial charge in [-0.2, -0.15) is 0 Å². The minimum absolute atomic E-state index is 0.177. The molecule has 0 aliphatic heterocycles. The summed E-state index contributed by atoms with van der Waals surface area (Å²) in [5.74, 6) is -1.98. The highest BCUT2D eigenvalue weighted by Gasteiger charge is 2.25. The van der Waals surface area contributed by atoms with Crippen molar-refractivity contribution in [3.05, 3.63) is 48.6 Å². The van der Waals surface area contributed by atoms with E-state index in [2.05, 4.69) is 62.5 Å². The van der Waals surface area contributed by atoms with Crippen molar-refractivity contribution in [2.45, 2.75) is 379 Å². The Hall–Kier alpha value is -2.75. The quantitative estimate of drug-likeness (QED) is 0.0211. The molecule has 0 aromatic rings. The lowest BCUT2D eigenvalue weighted by molar-refractivity contribution is -0.870. The largest absolute Gasteiger partial charge is 0.477 e. The summed E-state index contributed by atoms with van der Waals surface area (Å²) < 4.78 is 23.0. The van der Waals surface area contributed by atoms with E-state index in [1.807, 2.05) is 21.1 Å². The van der Waals surface area contributed by atoms with Crippen LogP contribution in [0.15, 0.2) is 48.6 Å². The minimum atomic E-state index is -1.51. The van der Waals surface area contributed by atoms with Crippen molar-refractivity contribution in [2.75, 3.05) is 47.5 Å². The summed E-state index contributed by atoms with van der Waals surface area (Å²) in [5.41, 5.74) is 0. The molecule has 0 rings (SSSR count). The number of rotatable bonds is 70. The molecular weight excluding hydrogens is 1070 g/mol. The lowest BCUT2D eigenvalue weighted by Gasteiger charge is -2.25. The van der Waals surface area contributed by atoms with E-state index >= 15 is 0 Å². The first-order valence-corrected chi connectivity index (χ1v) is 37.3. The van der Waals surface area contributed by atoms with Gasteiger partial charge >= 0.3 is 17.9 Å². The second-order valence-electron chi connectivity index (χ2n) is 26.6. The van der Waals surface area contributed by atoms with E-state index in [9.17, 15) is 19.5 Å². The molecule has 0 radical (unpaired) electrons. The van der Waals surface area contributed by atoms with E-state index in [0.717, 1.165) is 64.2 Å². The molecule has 0 spiro atoms. The molecule has 86 heavy (non-hydrogen) atoms. The fourth-order valence-corrected chi connectivity index (χ4v) is 11.2. The number of quaternary nitrogens is 1. The molecule has 9 heteroatoms. The van der Waals surface area contributed by atoms with Crippen molar-refractivity contribution in [1.82, 2.24) is 0 Å². The Balaban J connectivity index is 4.02. The molecule has 504 valence electrons. The molecule has 0 amide bonds. The molecule has 0 aliphatic carbocycles. The van der Waals surface area contributed by atoms with E-state index in [4.69, 9.17) is 18.9 Å². The second-order valence-corrected chi connectivity index (χ2v) is 26.6. The number of nitrogens with zero attached hydrogens (tertiary/aromatic N) is 1. The Morgan fingerprint density at radius 1 is 0.360 bits per heavy atom. The third-order valence-corrected chi connectivity index (χ3v) is 16.8. The van der Waals surface area contributed by atoms with Crippen LogP contribution < -0.4 is 0 Å². The van der Waals surface area contributed by atoms with Gasteiger partial charge in [0.25, 0.3) is 6.29 Å². The van der Waals surface area contributed by atoms with Crippen molar-refractivity contribution >= 4 is 17.9 Å². The second kappa shape index (κ2) is 68.2. The highest BCUT2D eigenvalue weighted by Crippen LogP contribution is 2.19. The van der Waals surface area contributed by atoms with Crippen LogP contribution in [0.5, 0.6) is 0 Å². The number of aliphatic carboxylic acids is 1. The maximum atomic E-state index is 13.0. The summed E-state index contributed by atoms with van der Waals surface area (Å²) in [6, 6.07) is 0. The van der Waals surface area contributed by atoms with E-state index in [1.165, 1.54) is 276 Å². The Labute approximate surface area is 533 Å². The molecule has 0 fully saturated rings. The number of carboxylic acids is 1. The zero-order valence-electron chi connectivity index (χ0n) is 57.7. The van der Waals surface area contributed by atoms with Gasteiger partial charge in [0.1, 0.15) is 13.2 Å². The molecule has 0 aromatic carbocycles. The maximum absolute atomic E-state index is 13.0. The molecule has 0 heterocycles. The van der Waals surface area contributed by atoms with E-state index in [-0.39, 0.29) is 38.2 Å². The number of ether oxygens (including phenoxy) is 4. The van der Waals surface area contributed by atoms with E-state index in [1.54, 1.807) is 0 Å². The van der Waals surface area contributed by atoms with Crippen LogP contribution in [0, 0.1) is 0 Å². The van der Waals surface area contributed by atoms with Crippen LogP contribution in [-0.4, -0.2) is 87.4 Å². The molecule has 0 aliphatic rings. The highest BCUT2D eigenvalue weighted by molar-refractivity contribution is 5.71. The number of esters is 2. The third kappa shape index (κ3) is 68.7. The lowest BCUT2D eigenvalue weighted by atomic mass is 10.0. The number of hydrogen-bond acceptors (Lipinski definition) is 7. The van der Waals surface area contributed by atoms with E-state index in [0.29, 0.717) is 17.4 Å². The van der Waals surface area contributed by atoms with Gasteiger partial charge in [-0.15, -0.1) is 0 Å². The first kappa shape index (κ1) is 83.2. The standard InChI is InChI=1S/C77H143NO8/c1-6-8-10-12-14-16-18-20-22-24-26-28-30-32-34-36-37-38-40-41-43-45-47-49-51-53-55-57-59-61-63-65-67-74(79)84-71-73(72-85-77(76(81)82)83-70-69-78(3,4)5)86-75(80)68-66-64-62-60-58-56-54-52-50-48-46-44-42-39-35-33-31-29-27-25-23-21-19-17-15-13-11-9-7-2/h9,11,15,17,21,23,27,29,73,77H,6-8,10,12-14,16,18-20,22,24-26,28,30-72H2,1-5H3/p+1/b11-9-,17-15-,23-21-,29-27-. The van der Waals surface area contributed by atoms with Crippen LogP contribution in [-0.2, 0) is 33.3 Å². The van der Waals surface area contributed by atoms with Gasteiger partial charge in [0, 0.05) is 12.8 Å². The number of hydrogen-bond donors (Lipinski definition) is 1. The number of carbonyl (C=O) groups is 3. The molecule has 0 bridgehead atoms. The summed E-state index contributed by atoms with van der Waals surface area (Å²) in [7, 11) is 5.99. The number of allylic oxidation sites excluding steroid dienone is 8. The fourth-order valence-electron chi connectivity index (χ4n) is 11.2. The first-order valence-electron chi connectivity index (χ1n) is 37.3.